The summed E-state index contributed by atoms with van der Waals surface area (Å²) in [6.45, 7) is 21.7. The molecule has 0 atom stereocenters. The predicted molar refractivity (Wildman–Crippen MR) is 135 cm³/mol. The minimum atomic E-state index is -1.75. The van der Waals surface area contributed by atoms with Gasteiger partial charge in [-0.05, 0) is 53.1 Å². The number of hydrogen-bond acceptors (Lipinski definition) is 6. The van der Waals surface area contributed by atoms with Crippen molar-refractivity contribution in [2.75, 3.05) is 80.3 Å². The van der Waals surface area contributed by atoms with Gasteiger partial charge < -0.3 is 28.1 Å². The third-order valence-electron chi connectivity index (χ3n) is 5.60. The SMILES string of the molecule is C=C[Si](CCOCC)(CCOCC)N(C)C.C=C[Si](COC)(COC)N(CC)CC. The summed E-state index contributed by atoms with van der Waals surface area (Å²) in [5.41, 5.74) is 4.22. The number of ether oxygens (including phenoxy) is 4. The van der Waals surface area contributed by atoms with Gasteiger partial charge in [0.1, 0.15) is 0 Å². The molecule has 30 heavy (non-hydrogen) atoms. The van der Waals surface area contributed by atoms with E-state index in [1.165, 1.54) is 0 Å². The van der Waals surface area contributed by atoms with Gasteiger partial charge in [0.15, 0.2) is 8.24 Å². The van der Waals surface area contributed by atoms with E-state index in [1.807, 2.05) is 13.8 Å². The van der Waals surface area contributed by atoms with Gasteiger partial charge in [-0.1, -0.05) is 25.2 Å². The topological polar surface area (TPSA) is 43.4 Å². The summed E-state index contributed by atoms with van der Waals surface area (Å²) in [6.07, 6.45) is 1.51. The van der Waals surface area contributed by atoms with Crippen molar-refractivity contribution in [2.45, 2.75) is 39.8 Å². The van der Waals surface area contributed by atoms with Crippen LogP contribution < -0.4 is 0 Å². The van der Waals surface area contributed by atoms with E-state index in [1.54, 1.807) is 14.2 Å². The molecule has 0 aliphatic heterocycles. The molecule has 8 heteroatoms. The Morgan fingerprint density at radius 3 is 1.37 bits per heavy atom. The monoisotopic (exact) mass is 462 g/mol. The van der Waals surface area contributed by atoms with E-state index >= 15 is 0 Å². The zero-order chi connectivity index (χ0) is 23.5. The highest BCUT2D eigenvalue weighted by Gasteiger charge is 2.35. The molecule has 0 aliphatic rings. The highest BCUT2D eigenvalue weighted by Crippen LogP contribution is 2.20. The second-order valence-electron chi connectivity index (χ2n) is 7.44. The lowest BCUT2D eigenvalue weighted by Crippen LogP contribution is -2.59. The molecule has 0 aromatic carbocycles. The standard InChI is InChI=1S/C12H27NO2Si.C10H23NO2Si/c1-6-14-9-11-16(8-3,13(4)5)12-10-15-7-2;1-6-11(7-2)14(8-3,9-12-4)10-13-5/h8H,3,6-7,9-12H2,1-2,4-5H3;8H,3,6-7,9-10H2,1-2,4-5H3. The van der Waals surface area contributed by atoms with Crippen LogP contribution in [0.2, 0.25) is 12.1 Å². The van der Waals surface area contributed by atoms with Crippen molar-refractivity contribution in [3.63, 3.8) is 0 Å². The van der Waals surface area contributed by atoms with Crippen molar-refractivity contribution in [3.05, 3.63) is 24.6 Å². The molecule has 0 spiro atoms. The Kier molecular flexibility index (Phi) is 20.6. The van der Waals surface area contributed by atoms with Crippen molar-refractivity contribution in [3.8, 4) is 0 Å². The highest BCUT2D eigenvalue weighted by atomic mass is 28.3. The predicted octanol–water partition coefficient (Wildman–Crippen LogP) is 3.66. The second kappa shape index (κ2) is 19.4. The van der Waals surface area contributed by atoms with Crippen LogP contribution in [0, 0.1) is 0 Å². The maximum absolute atomic E-state index is 5.47. The largest absolute Gasteiger partial charge is 0.386 e. The first-order valence-electron chi connectivity index (χ1n) is 11.2. The van der Waals surface area contributed by atoms with Gasteiger partial charge in [0.25, 0.3) is 0 Å². The minimum Gasteiger partial charge on any atom is -0.386 e. The average molecular weight is 463 g/mol. The van der Waals surface area contributed by atoms with Gasteiger partial charge >= 0.3 is 0 Å². The number of methoxy groups -OCH3 is 2. The fourth-order valence-corrected chi connectivity index (χ4v) is 9.69. The summed E-state index contributed by atoms with van der Waals surface area (Å²) in [5.74, 6) is 0. The summed E-state index contributed by atoms with van der Waals surface area (Å²) in [5, 5.41) is 0. The molecule has 0 rings (SSSR count). The van der Waals surface area contributed by atoms with Crippen molar-refractivity contribution in [2.24, 2.45) is 0 Å². The lowest BCUT2D eigenvalue weighted by atomic mass is 10.7. The van der Waals surface area contributed by atoms with E-state index in [0.717, 1.165) is 64.1 Å². The van der Waals surface area contributed by atoms with Crippen LogP contribution in [-0.2, 0) is 18.9 Å². The molecular weight excluding hydrogens is 412 g/mol. The van der Waals surface area contributed by atoms with Gasteiger partial charge in [0.05, 0.1) is 12.5 Å². The molecule has 0 radical (unpaired) electrons. The highest BCUT2D eigenvalue weighted by molar-refractivity contribution is 6.82. The lowest BCUT2D eigenvalue weighted by molar-refractivity contribution is 0.153. The average Bonchev–Trinajstić information content (AvgIpc) is 2.74. The summed E-state index contributed by atoms with van der Waals surface area (Å²) in [4.78, 5) is 0. The van der Waals surface area contributed by atoms with Crippen LogP contribution in [0.1, 0.15) is 27.7 Å². The molecule has 180 valence electrons. The molecule has 0 fully saturated rings. The molecule has 6 nitrogen and oxygen atoms in total. The number of hydrogen-bond donors (Lipinski definition) is 0. The normalized spacial score (nSPS) is 12.1. The van der Waals surface area contributed by atoms with E-state index in [2.05, 4.69) is 61.6 Å². The molecule has 0 bridgehead atoms. The molecule has 0 aromatic heterocycles. The summed E-state index contributed by atoms with van der Waals surface area (Å²) < 4.78 is 26.3. The van der Waals surface area contributed by atoms with Crippen LogP contribution in [0.25, 0.3) is 0 Å². The zero-order valence-electron chi connectivity index (χ0n) is 21.2. The first kappa shape index (κ1) is 31.9. The summed E-state index contributed by atoms with van der Waals surface area (Å²) >= 11 is 0. The van der Waals surface area contributed by atoms with Crippen molar-refractivity contribution in [1.29, 1.82) is 0 Å². The molecule has 0 unspecified atom stereocenters. The Labute approximate surface area is 189 Å². The van der Waals surface area contributed by atoms with Gasteiger partial charge in [0, 0.05) is 40.6 Å². The quantitative estimate of drug-likeness (QED) is 0.229. The van der Waals surface area contributed by atoms with Crippen LogP contribution in [0.15, 0.2) is 24.6 Å². The Morgan fingerprint density at radius 2 is 1.13 bits per heavy atom. The van der Waals surface area contributed by atoms with E-state index in [-0.39, 0.29) is 0 Å². The summed E-state index contributed by atoms with van der Waals surface area (Å²) in [7, 11) is 4.45. The molecular formula is C22H50N2O4Si2. The smallest absolute Gasteiger partial charge is 0.204 e. The minimum absolute atomic E-state index is 0.756. The lowest BCUT2D eigenvalue weighted by Gasteiger charge is -2.37. The molecule has 0 saturated carbocycles. The van der Waals surface area contributed by atoms with Gasteiger partial charge in [-0.3, -0.25) is 0 Å². The van der Waals surface area contributed by atoms with Gasteiger partial charge in [-0.25, -0.2) is 0 Å². The third kappa shape index (κ3) is 11.3. The van der Waals surface area contributed by atoms with E-state index in [4.69, 9.17) is 18.9 Å². The molecule has 0 aliphatic carbocycles. The second-order valence-corrected chi connectivity index (χ2v) is 15.8. The van der Waals surface area contributed by atoms with Crippen LogP contribution in [0.4, 0.5) is 0 Å². The molecule has 0 saturated heterocycles. The Hall–Kier alpha value is -0.326. The Balaban J connectivity index is 0. The van der Waals surface area contributed by atoms with Gasteiger partial charge in [-0.15, -0.1) is 13.2 Å². The molecule has 0 aromatic rings. The fraction of sp³-hybridized carbons (Fsp3) is 0.818. The number of rotatable bonds is 18. The van der Waals surface area contributed by atoms with Crippen LogP contribution in [0.5, 0.6) is 0 Å². The zero-order valence-corrected chi connectivity index (χ0v) is 23.2. The molecule has 0 heterocycles. The third-order valence-corrected chi connectivity index (χ3v) is 14.5. The van der Waals surface area contributed by atoms with Crippen LogP contribution in [-0.4, -0.2) is 106 Å². The van der Waals surface area contributed by atoms with E-state index in [9.17, 15) is 0 Å². The summed E-state index contributed by atoms with van der Waals surface area (Å²) in [6, 6.07) is 2.20. The Morgan fingerprint density at radius 1 is 0.733 bits per heavy atom. The first-order valence-corrected chi connectivity index (χ1v) is 16.0. The van der Waals surface area contributed by atoms with Crippen molar-refractivity contribution >= 4 is 16.5 Å². The van der Waals surface area contributed by atoms with Gasteiger partial charge in [0.2, 0.25) is 8.24 Å². The molecule has 0 N–H and O–H groups in total. The fourth-order valence-electron chi connectivity index (χ4n) is 3.57. The van der Waals surface area contributed by atoms with E-state index < -0.39 is 16.5 Å². The Bertz CT molecular complexity index is 406. The van der Waals surface area contributed by atoms with Crippen LogP contribution >= 0.6 is 0 Å². The van der Waals surface area contributed by atoms with Gasteiger partial charge in [-0.2, -0.15) is 0 Å². The molecule has 0 amide bonds. The van der Waals surface area contributed by atoms with Crippen molar-refractivity contribution < 1.29 is 18.9 Å². The first-order chi connectivity index (χ1) is 14.3. The van der Waals surface area contributed by atoms with E-state index in [0.29, 0.717) is 0 Å². The van der Waals surface area contributed by atoms with Crippen LogP contribution in [0.3, 0.4) is 0 Å². The maximum Gasteiger partial charge on any atom is 0.204 e. The van der Waals surface area contributed by atoms with Crippen molar-refractivity contribution in [1.82, 2.24) is 9.13 Å². The maximum atomic E-state index is 5.47. The number of nitrogens with zero attached hydrogens (tertiary/aromatic N) is 2.